The lowest BCUT2D eigenvalue weighted by Gasteiger charge is -2.25. The van der Waals surface area contributed by atoms with Gasteiger partial charge in [0.25, 0.3) is 0 Å². The molecule has 0 radical (unpaired) electrons. The predicted octanol–water partition coefficient (Wildman–Crippen LogP) is 3.55. The number of fused-ring (bicyclic) bond motifs is 3. The van der Waals surface area contributed by atoms with Crippen LogP contribution in [0.2, 0.25) is 0 Å². The molecule has 1 atom stereocenters. The summed E-state index contributed by atoms with van der Waals surface area (Å²) in [5, 5.41) is 4.53. The molecule has 0 bridgehead atoms. The van der Waals surface area contributed by atoms with E-state index in [9.17, 15) is 4.39 Å². The second kappa shape index (κ2) is 5.14. The first-order valence-electron chi connectivity index (χ1n) is 7.43. The molecule has 0 aliphatic carbocycles. The van der Waals surface area contributed by atoms with Crippen molar-refractivity contribution >= 4 is 10.9 Å². The maximum atomic E-state index is 13.6. The Kier molecular flexibility index (Phi) is 3.12. The molecule has 4 heteroatoms. The Morgan fingerprint density at radius 1 is 1.18 bits per heavy atom. The van der Waals surface area contributed by atoms with Crippen molar-refractivity contribution < 1.29 is 9.13 Å². The van der Waals surface area contributed by atoms with Crippen molar-refractivity contribution in [3.63, 3.8) is 0 Å². The quantitative estimate of drug-likeness (QED) is 0.759. The van der Waals surface area contributed by atoms with Crippen LogP contribution >= 0.6 is 0 Å². The van der Waals surface area contributed by atoms with Crippen LogP contribution in [0.1, 0.15) is 22.9 Å². The summed E-state index contributed by atoms with van der Waals surface area (Å²) in [4.78, 5) is 3.46. The van der Waals surface area contributed by atoms with Crippen LogP contribution in [0.3, 0.4) is 0 Å². The van der Waals surface area contributed by atoms with Crippen LogP contribution in [0.15, 0.2) is 42.5 Å². The molecule has 0 spiro atoms. The van der Waals surface area contributed by atoms with Gasteiger partial charge in [-0.25, -0.2) is 4.39 Å². The van der Waals surface area contributed by atoms with Crippen LogP contribution in [0.25, 0.3) is 10.9 Å². The highest BCUT2D eigenvalue weighted by molar-refractivity contribution is 5.85. The van der Waals surface area contributed by atoms with E-state index in [0.717, 1.165) is 40.9 Å². The van der Waals surface area contributed by atoms with Gasteiger partial charge in [0.1, 0.15) is 11.6 Å². The van der Waals surface area contributed by atoms with Gasteiger partial charge >= 0.3 is 0 Å². The summed E-state index contributed by atoms with van der Waals surface area (Å²) in [6.45, 7) is 0.873. The monoisotopic (exact) mass is 296 g/mol. The lowest BCUT2D eigenvalue weighted by Crippen LogP contribution is -2.30. The van der Waals surface area contributed by atoms with Gasteiger partial charge in [0.15, 0.2) is 0 Å². The molecule has 1 aliphatic rings. The minimum absolute atomic E-state index is 0.0781. The normalized spacial score (nSPS) is 17.5. The van der Waals surface area contributed by atoms with E-state index in [1.807, 2.05) is 24.3 Å². The number of hydrogen-bond donors (Lipinski definition) is 2. The molecule has 3 nitrogen and oxygen atoms in total. The largest absolute Gasteiger partial charge is 0.497 e. The van der Waals surface area contributed by atoms with Gasteiger partial charge in [-0.15, -0.1) is 0 Å². The summed E-state index contributed by atoms with van der Waals surface area (Å²) in [7, 11) is 1.67. The molecule has 1 aromatic heterocycles. The van der Waals surface area contributed by atoms with E-state index < -0.39 is 0 Å². The van der Waals surface area contributed by atoms with Crippen LogP contribution in [0.5, 0.6) is 5.75 Å². The zero-order valence-corrected chi connectivity index (χ0v) is 12.3. The highest BCUT2D eigenvalue weighted by atomic mass is 19.1. The lowest BCUT2D eigenvalue weighted by molar-refractivity contribution is 0.413. The molecule has 2 heterocycles. The van der Waals surface area contributed by atoms with Gasteiger partial charge in [0, 0.05) is 23.1 Å². The standard InChI is InChI=1S/C18H17FN2O/c1-22-13-4-2-3-11(9-13)17-18-14(7-8-20-17)15-10-12(19)5-6-16(15)21-18/h2-6,9-10,17,20-21H,7-8H2,1H3. The van der Waals surface area contributed by atoms with Gasteiger partial charge in [-0.05, 0) is 47.9 Å². The van der Waals surface area contributed by atoms with Crippen LogP contribution in [0, 0.1) is 5.82 Å². The average Bonchev–Trinajstić information content (AvgIpc) is 2.93. The Labute approximate surface area is 128 Å². The fraction of sp³-hybridized carbons (Fsp3) is 0.222. The predicted molar refractivity (Wildman–Crippen MR) is 84.8 cm³/mol. The first-order valence-corrected chi connectivity index (χ1v) is 7.43. The van der Waals surface area contributed by atoms with E-state index >= 15 is 0 Å². The van der Waals surface area contributed by atoms with Crippen molar-refractivity contribution in [1.82, 2.24) is 10.3 Å². The summed E-state index contributed by atoms with van der Waals surface area (Å²) in [6, 6.07) is 13.1. The molecule has 0 fully saturated rings. The molecule has 112 valence electrons. The Balaban J connectivity index is 1.86. The Morgan fingerprint density at radius 2 is 2.09 bits per heavy atom. The summed E-state index contributed by atoms with van der Waals surface area (Å²) in [5.41, 5.74) is 4.47. The molecule has 1 aliphatic heterocycles. The van der Waals surface area contributed by atoms with Crippen LogP contribution in [-0.4, -0.2) is 18.6 Å². The molecular weight excluding hydrogens is 279 g/mol. The highest BCUT2D eigenvalue weighted by Gasteiger charge is 2.25. The van der Waals surface area contributed by atoms with Gasteiger partial charge in [0.05, 0.1) is 13.2 Å². The number of hydrogen-bond acceptors (Lipinski definition) is 2. The minimum atomic E-state index is -0.189. The van der Waals surface area contributed by atoms with Crippen molar-refractivity contribution in [1.29, 1.82) is 0 Å². The van der Waals surface area contributed by atoms with E-state index in [1.165, 1.54) is 11.6 Å². The van der Waals surface area contributed by atoms with Gasteiger partial charge in [-0.2, -0.15) is 0 Å². The third-order valence-electron chi connectivity index (χ3n) is 4.34. The molecule has 2 N–H and O–H groups in total. The summed E-state index contributed by atoms with van der Waals surface area (Å²) in [6.07, 6.45) is 0.902. The number of halogens is 1. The summed E-state index contributed by atoms with van der Waals surface area (Å²) < 4.78 is 18.9. The van der Waals surface area contributed by atoms with E-state index in [2.05, 4.69) is 16.4 Å². The molecule has 0 amide bonds. The molecule has 0 saturated carbocycles. The SMILES string of the molecule is COc1cccc(C2NCCc3c2[nH]c2ccc(F)cc32)c1. The highest BCUT2D eigenvalue weighted by Crippen LogP contribution is 2.34. The topological polar surface area (TPSA) is 37.0 Å². The average molecular weight is 296 g/mol. The first kappa shape index (κ1) is 13.3. The molecule has 0 saturated heterocycles. The number of H-pyrrole nitrogens is 1. The van der Waals surface area contributed by atoms with Gasteiger partial charge in [0.2, 0.25) is 0 Å². The number of rotatable bonds is 2. The number of benzene rings is 2. The van der Waals surface area contributed by atoms with E-state index in [4.69, 9.17) is 4.74 Å². The first-order chi connectivity index (χ1) is 10.8. The molecular formula is C18H17FN2O. The maximum Gasteiger partial charge on any atom is 0.123 e. The second-order valence-corrected chi connectivity index (χ2v) is 5.62. The fourth-order valence-corrected chi connectivity index (χ4v) is 3.31. The smallest absolute Gasteiger partial charge is 0.123 e. The molecule has 1 unspecified atom stereocenters. The number of nitrogens with one attached hydrogen (secondary N) is 2. The maximum absolute atomic E-state index is 13.6. The third-order valence-corrected chi connectivity index (χ3v) is 4.34. The number of aromatic amines is 1. The van der Waals surface area contributed by atoms with Crippen molar-refractivity contribution in [2.24, 2.45) is 0 Å². The lowest BCUT2D eigenvalue weighted by atomic mass is 9.94. The zero-order valence-electron chi connectivity index (χ0n) is 12.3. The molecule has 2 aromatic carbocycles. The van der Waals surface area contributed by atoms with Crippen molar-refractivity contribution in [2.45, 2.75) is 12.5 Å². The zero-order chi connectivity index (χ0) is 15.1. The Morgan fingerprint density at radius 3 is 2.95 bits per heavy atom. The summed E-state index contributed by atoms with van der Waals surface area (Å²) in [5.74, 6) is 0.652. The molecule has 3 aromatic rings. The van der Waals surface area contributed by atoms with Crippen molar-refractivity contribution in [3.05, 3.63) is 65.1 Å². The van der Waals surface area contributed by atoms with Crippen molar-refractivity contribution in [3.8, 4) is 5.75 Å². The summed E-state index contributed by atoms with van der Waals surface area (Å²) >= 11 is 0. The third kappa shape index (κ3) is 2.07. The van der Waals surface area contributed by atoms with Crippen LogP contribution in [-0.2, 0) is 6.42 Å². The number of aromatic nitrogens is 1. The Bertz CT molecular complexity index is 840. The Hall–Kier alpha value is -2.33. The van der Waals surface area contributed by atoms with E-state index in [1.54, 1.807) is 13.2 Å². The van der Waals surface area contributed by atoms with Crippen LogP contribution in [0.4, 0.5) is 4.39 Å². The van der Waals surface area contributed by atoms with E-state index in [0.29, 0.717) is 0 Å². The number of methoxy groups -OCH3 is 1. The van der Waals surface area contributed by atoms with E-state index in [-0.39, 0.29) is 11.9 Å². The molecule has 22 heavy (non-hydrogen) atoms. The van der Waals surface area contributed by atoms with Gasteiger partial charge < -0.3 is 15.0 Å². The van der Waals surface area contributed by atoms with Gasteiger partial charge in [-0.3, -0.25) is 0 Å². The number of ether oxygens (including phenoxy) is 1. The molecule has 4 rings (SSSR count). The fourth-order valence-electron chi connectivity index (χ4n) is 3.31. The van der Waals surface area contributed by atoms with Crippen molar-refractivity contribution in [2.75, 3.05) is 13.7 Å². The second-order valence-electron chi connectivity index (χ2n) is 5.62. The van der Waals surface area contributed by atoms with Crippen LogP contribution < -0.4 is 10.1 Å². The minimum Gasteiger partial charge on any atom is -0.497 e. The van der Waals surface area contributed by atoms with Gasteiger partial charge in [-0.1, -0.05) is 12.1 Å².